The van der Waals surface area contributed by atoms with E-state index in [4.69, 9.17) is 11.6 Å². The van der Waals surface area contributed by atoms with E-state index in [1.54, 1.807) is 6.07 Å². The Kier molecular flexibility index (Phi) is 3.86. The van der Waals surface area contributed by atoms with Gasteiger partial charge in [0.05, 0.1) is 10.6 Å². The molecule has 0 heterocycles. The Bertz CT molecular complexity index is 701. The van der Waals surface area contributed by atoms with Crippen LogP contribution in [-0.2, 0) is 0 Å². The molecule has 0 bridgehead atoms. The minimum absolute atomic E-state index is 0.0382. The highest BCUT2D eigenvalue weighted by molar-refractivity contribution is 6.32. The number of benzene rings is 2. The molecule has 102 valence electrons. The summed E-state index contributed by atoms with van der Waals surface area (Å²) < 4.78 is 0. The van der Waals surface area contributed by atoms with E-state index in [9.17, 15) is 20.3 Å². The van der Waals surface area contributed by atoms with Crippen LogP contribution < -0.4 is 0 Å². The smallest absolute Gasteiger partial charge is 0.290 e. The molecule has 0 amide bonds. The first-order valence-electron chi connectivity index (χ1n) is 5.47. The number of nitrogens with zero attached hydrogens (tertiary/aromatic N) is 2. The number of halogens is 1. The molecular weight excluding hydrogens is 284 g/mol. The lowest BCUT2D eigenvalue weighted by molar-refractivity contribution is -0.384. The summed E-state index contributed by atoms with van der Waals surface area (Å²) in [5.41, 5.74) is 0.668. The van der Waals surface area contributed by atoms with Gasteiger partial charge in [-0.3, -0.25) is 15.1 Å². The summed E-state index contributed by atoms with van der Waals surface area (Å²) in [6, 6.07) is 8.36. The fraction of sp³-hybridized carbons (Fsp3) is 0. The molecule has 0 unspecified atom stereocenters. The molecule has 0 fully saturated rings. The molecule has 0 aliphatic heterocycles. The van der Waals surface area contributed by atoms with Crippen LogP contribution >= 0.6 is 11.6 Å². The first-order chi connectivity index (χ1) is 9.47. The van der Waals surface area contributed by atoms with E-state index in [2.05, 4.69) is 4.99 Å². The van der Waals surface area contributed by atoms with Crippen LogP contribution in [0.25, 0.3) is 0 Å². The SMILES string of the molecule is O=[N+]([O-])c1cc(N=Cc2ccc(O)c(O)c2)ccc1Cl. The number of nitro groups is 1. The minimum Gasteiger partial charge on any atom is -0.504 e. The number of aliphatic imine (C=N–C) groups is 1. The van der Waals surface area contributed by atoms with Gasteiger partial charge < -0.3 is 10.2 Å². The van der Waals surface area contributed by atoms with Crippen LogP contribution in [0.1, 0.15) is 5.56 Å². The van der Waals surface area contributed by atoms with E-state index in [0.29, 0.717) is 11.3 Å². The highest BCUT2D eigenvalue weighted by atomic mass is 35.5. The van der Waals surface area contributed by atoms with Gasteiger partial charge >= 0.3 is 0 Å². The molecule has 2 N–H and O–H groups in total. The number of nitro benzene ring substituents is 1. The van der Waals surface area contributed by atoms with Crippen molar-refractivity contribution in [3.8, 4) is 11.5 Å². The lowest BCUT2D eigenvalue weighted by Crippen LogP contribution is -1.88. The molecular formula is C13H9ClN2O4. The fourth-order valence-corrected chi connectivity index (χ4v) is 1.68. The number of phenols is 2. The van der Waals surface area contributed by atoms with Crippen molar-refractivity contribution >= 4 is 29.2 Å². The van der Waals surface area contributed by atoms with Crippen LogP contribution in [0, 0.1) is 10.1 Å². The van der Waals surface area contributed by atoms with Crippen molar-refractivity contribution in [1.29, 1.82) is 0 Å². The average Bonchev–Trinajstić information content (AvgIpc) is 2.41. The highest BCUT2D eigenvalue weighted by Crippen LogP contribution is 2.29. The summed E-state index contributed by atoms with van der Waals surface area (Å²) >= 11 is 5.69. The van der Waals surface area contributed by atoms with E-state index >= 15 is 0 Å². The predicted molar refractivity (Wildman–Crippen MR) is 75.1 cm³/mol. The highest BCUT2D eigenvalue weighted by Gasteiger charge is 2.12. The summed E-state index contributed by atoms with van der Waals surface area (Å²) in [5, 5.41) is 29.3. The number of hydrogen-bond acceptors (Lipinski definition) is 5. The molecule has 0 radical (unpaired) electrons. The quantitative estimate of drug-likeness (QED) is 0.392. The Balaban J connectivity index is 2.29. The average molecular weight is 293 g/mol. The zero-order valence-electron chi connectivity index (χ0n) is 10.0. The second kappa shape index (κ2) is 5.58. The van der Waals surface area contributed by atoms with E-state index < -0.39 is 4.92 Å². The monoisotopic (exact) mass is 292 g/mol. The van der Waals surface area contributed by atoms with Gasteiger partial charge in [-0.2, -0.15) is 0 Å². The van der Waals surface area contributed by atoms with Crippen LogP contribution in [0.2, 0.25) is 5.02 Å². The third kappa shape index (κ3) is 3.04. The zero-order valence-corrected chi connectivity index (χ0v) is 10.8. The first kappa shape index (κ1) is 13.8. The third-order valence-corrected chi connectivity index (χ3v) is 2.81. The summed E-state index contributed by atoms with van der Waals surface area (Å²) in [4.78, 5) is 14.2. The first-order valence-corrected chi connectivity index (χ1v) is 5.85. The molecule has 0 atom stereocenters. The molecule has 6 nitrogen and oxygen atoms in total. The molecule has 0 aromatic heterocycles. The molecule has 0 spiro atoms. The number of phenolic OH excluding ortho intramolecular Hbond substituents is 2. The number of aromatic hydroxyl groups is 2. The fourth-order valence-electron chi connectivity index (χ4n) is 1.49. The standard InChI is InChI=1S/C13H9ClN2O4/c14-10-3-2-9(6-11(10)16(19)20)15-7-8-1-4-12(17)13(18)5-8/h1-7,17-18H. The van der Waals surface area contributed by atoms with Gasteiger partial charge in [0.25, 0.3) is 5.69 Å². The molecule has 2 rings (SSSR count). The van der Waals surface area contributed by atoms with Crippen molar-refractivity contribution in [3.63, 3.8) is 0 Å². The molecule has 0 aliphatic carbocycles. The van der Waals surface area contributed by atoms with Crippen molar-refractivity contribution in [2.45, 2.75) is 0 Å². The van der Waals surface area contributed by atoms with E-state index in [1.165, 1.54) is 36.5 Å². The molecule has 0 aliphatic rings. The van der Waals surface area contributed by atoms with Gasteiger partial charge in [-0.05, 0) is 35.9 Å². The lowest BCUT2D eigenvalue weighted by atomic mass is 10.2. The van der Waals surface area contributed by atoms with Gasteiger partial charge in [0.15, 0.2) is 11.5 Å². The summed E-state index contributed by atoms with van der Waals surface area (Å²) in [6.07, 6.45) is 1.41. The Labute approximate surface area is 118 Å². The van der Waals surface area contributed by atoms with Crippen molar-refractivity contribution in [3.05, 3.63) is 57.1 Å². The maximum Gasteiger partial charge on any atom is 0.290 e. The Morgan fingerprint density at radius 1 is 1.15 bits per heavy atom. The largest absolute Gasteiger partial charge is 0.504 e. The maximum atomic E-state index is 10.7. The maximum absolute atomic E-state index is 10.7. The van der Waals surface area contributed by atoms with Gasteiger partial charge in [-0.15, -0.1) is 0 Å². The van der Waals surface area contributed by atoms with E-state index in [0.717, 1.165) is 0 Å². The molecule has 0 saturated heterocycles. The summed E-state index contributed by atoms with van der Waals surface area (Å²) in [7, 11) is 0. The second-order valence-corrected chi connectivity index (χ2v) is 4.31. The number of rotatable bonds is 3. The van der Waals surface area contributed by atoms with Crippen LogP contribution in [0.4, 0.5) is 11.4 Å². The minimum atomic E-state index is -0.590. The molecule has 2 aromatic rings. The normalized spacial score (nSPS) is 10.8. The zero-order chi connectivity index (χ0) is 14.7. The van der Waals surface area contributed by atoms with Gasteiger partial charge in [-0.1, -0.05) is 11.6 Å². The van der Waals surface area contributed by atoms with Crippen LogP contribution in [0.3, 0.4) is 0 Å². The molecule has 0 saturated carbocycles. The van der Waals surface area contributed by atoms with Gasteiger partial charge in [-0.25, -0.2) is 0 Å². The Morgan fingerprint density at radius 3 is 2.55 bits per heavy atom. The van der Waals surface area contributed by atoms with Crippen LogP contribution in [0.5, 0.6) is 11.5 Å². The predicted octanol–water partition coefficient (Wildman–Crippen LogP) is 3.41. The second-order valence-electron chi connectivity index (χ2n) is 3.90. The molecule has 20 heavy (non-hydrogen) atoms. The molecule has 2 aromatic carbocycles. The van der Waals surface area contributed by atoms with Gasteiger partial charge in [0.1, 0.15) is 5.02 Å². The Hall–Kier alpha value is -2.60. The lowest BCUT2D eigenvalue weighted by Gasteiger charge is -1.99. The van der Waals surface area contributed by atoms with Gasteiger partial charge in [0.2, 0.25) is 0 Å². The molecule has 7 heteroatoms. The topological polar surface area (TPSA) is 96.0 Å². The van der Waals surface area contributed by atoms with Crippen molar-refractivity contribution < 1.29 is 15.1 Å². The van der Waals surface area contributed by atoms with Crippen molar-refractivity contribution in [2.75, 3.05) is 0 Å². The Morgan fingerprint density at radius 2 is 1.90 bits per heavy atom. The van der Waals surface area contributed by atoms with E-state index in [-0.39, 0.29) is 22.2 Å². The summed E-state index contributed by atoms with van der Waals surface area (Å²) in [5.74, 6) is -0.500. The van der Waals surface area contributed by atoms with Crippen LogP contribution in [0.15, 0.2) is 41.4 Å². The van der Waals surface area contributed by atoms with Crippen molar-refractivity contribution in [1.82, 2.24) is 0 Å². The van der Waals surface area contributed by atoms with Crippen LogP contribution in [-0.4, -0.2) is 21.4 Å². The third-order valence-electron chi connectivity index (χ3n) is 2.49. The summed E-state index contributed by atoms with van der Waals surface area (Å²) in [6.45, 7) is 0. The van der Waals surface area contributed by atoms with E-state index in [1.807, 2.05) is 0 Å². The van der Waals surface area contributed by atoms with Gasteiger partial charge in [0, 0.05) is 12.3 Å². The van der Waals surface area contributed by atoms with Crippen molar-refractivity contribution in [2.24, 2.45) is 4.99 Å². The number of hydrogen-bond donors (Lipinski definition) is 2.